The lowest BCUT2D eigenvalue weighted by molar-refractivity contribution is 0.0673. The van der Waals surface area contributed by atoms with Crippen LogP contribution < -0.4 is 0 Å². The zero-order valence-electron chi connectivity index (χ0n) is 14.4. The van der Waals surface area contributed by atoms with Crippen molar-refractivity contribution in [3.63, 3.8) is 0 Å². The maximum atomic E-state index is 12.7. The van der Waals surface area contributed by atoms with Crippen LogP contribution in [0.5, 0.6) is 0 Å². The second kappa shape index (κ2) is 6.67. The van der Waals surface area contributed by atoms with E-state index in [0.717, 1.165) is 31.4 Å². The molecule has 0 aliphatic carbocycles. The van der Waals surface area contributed by atoms with Gasteiger partial charge in [0.25, 0.3) is 5.91 Å². The SMILES string of the molecule is Cn1cc(C(=O)N2CCCC(Cc3ccc4ncccc4c3)C2)cn1. The van der Waals surface area contributed by atoms with Crippen LogP contribution in [0.15, 0.2) is 48.9 Å². The highest BCUT2D eigenvalue weighted by molar-refractivity contribution is 5.93. The molecule has 0 spiro atoms. The van der Waals surface area contributed by atoms with Crippen molar-refractivity contribution in [2.75, 3.05) is 13.1 Å². The molecule has 1 amide bonds. The summed E-state index contributed by atoms with van der Waals surface area (Å²) in [4.78, 5) is 19.0. The summed E-state index contributed by atoms with van der Waals surface area (Å²) >= 11 is 0. The highest BCUT2D eigenvalue weighted by Gasteiger charge is 2.25. The maximum Gasteiger partial charge on any atom is 0.257 e. The summed E-state index contributed by atoms with van der Waals surface area (Å²) in [6.07, 6.45) is 8.50. The molecule has 5 nitrogen and oxygen atoms in total. The van der Waals surface area contributed by atoms with Gasteiger partial charge >= 0.3 is 0 Å². The Bertz CT molecular complexity index is 901. The lowest BCUT2D eigenvalue weighted by atomic mass is 9.90. The molecule has 0 saturated carbocycles. The van der Waals surface area contributed by atoms with Crippen molar-refractivity contribution >= 4 is 16.8 Å². The molecule has 1 aliphatic rings. The molecule has 3 aromatic rings. The molecule has 25 heavy (non-hydrogen) atoms. The fourth-order valence-corrected chi connectivity index (χ4v) is 3.72. The van der Waals surface area contributed by atoms with E-state index in [1.807, 2.05) is 24.2 Å². The molecule has 1 saturated heterocycles. The Kier molecular flexibility index (Phi) is 4.22. The third-order valence-electron chi connectivity index (χ3n) is 4.95. The Balaban J connectivity index is 1.46. The summed E-state index contributed by atoms with van der Waals surface area (Å²) in [6.45, 7) is 1.66. The van der Waals surface area contributed by atoms with Gasteiger partial charge in [-0.3, -0.25) is 14.5 Å². The van der Waals surface area contributed by atoms with Crippen LogP contribution in [0.25, 0.3) is 10.9 Å². The quantitative estimate of drug-likeness (QED) is 0.740. The topological polar surface area (TPSA) is 51.0 Å². The summed E-state index contributed by atoms with van der Waals surface area (Å²) in [7, 11) is 1.84. The van der Waals surface area contributed by atoms with Crippen LogP contribution >= 0.6 is 0 Å². The number of carbonyl (C=O) groups is 1. The minimum absolute atomic E-state index is 0.0977. The van der Waals surface area contributed by atoms with E-state index in [2.05, 4.69) is 34.3 Å². The maximum absolute atomic E-state index is 12.7. The number of nitrogens with zero attached hydrogens (tertiary/aromatic N) is 4. The standard InChI is InChI=1S/C20H22N4O/c1-23-14-18(12-22-23)20(25)24-9-3-4-16(13-24)10-15-6-7-19-17(11-15)5-2-8-21-19/h2,5-8,11-12,14,16H,3-4,9-10,13H2,1H3. The van der Waals surface area contributed by atoms with Gasteiger partial charge in [-0.25, -0.2) is 0 Å². The van der Waals surface area contributed by atoms with Crippen LogP contribution in [0.1, 0.15) is 28.8 Å². The number of aromatic nitrogens is 3. The Morgan fingerprint density at radius 3 is 3.08 bits per heavy atom. The van der Waals surface area contributed by atoms with E-state index in [9.17, 15) is 4.79 Å². The monoisotopic (exact) mass is 334 g/mol. The first kappa shape index (κ1) is 15.8. The molecule has 3 heterocycles. The summed E-state index contributed by atoms with van der Waals surface area (Å²) < 4.78 is 1.68. The van der Waals surface area contributed by atoms with Crippen LogP contribution in [-0.4, -0.2) is 38.7 Å². The van der Waals surface area contributed by atoms with Gasteiger partial charge in [0.2, 0.25) is 0 Å². The molecule has 5 heteroatoms. The molecule has 1 aromatic carbocycles. The number of carbonyl (C=O) groups excluding carboxylic acids is 1. The van der Waals surface area contributed by atoms with Gasteiger partial charge < -0.3 is 4.90 Å². The van der Waals surface area contributed by atoms with Crippen molar-refractivity contribution in [1.29, 1.82) is 0 Å². The Hall–Kier alpha value is -2.69. The van der Waals surface area contributed by atoms with Crippen LogP contribution in [-0.2, 0) is 13.5 Å². The summed E-state index contributed by atoms with van der Waals surface area (Å²) in [5.74, 6) is 0.601. The summed E-state index contributed by atoms with van der Waals surface area (Å²) in [6, 6.07) is 10.6. The van der Waals surface area contributed by atoms with E-state index >= 15 is 0 Å². The minimum Gasteiger partial charge on any atom is -0.338 e. The molecular formula is C20H22N4O. The average Bonchev–Trinajstić information content (AvgIpc) is 3.07. The third kappa shape index (κ3) is 3.40. The fraction of sp³-hybridized carbons (Fsp3) is 0.350. The number of fused-ring (bicyclic) bond motifs is 1. The molecule has 128 valence electrons. The predicted octanol–water partition coefficient (Wildman–Crippen LogP) is 3.06. The van der Waals surface area contributed by atoms with Crippen molar-refractivity contribution in [1.82, 2.24) is 19.7 Å². The molecule has 1 fully saturated rings. The second-order valence-electron chi connectivity index (χ2n) is 6.90. The largest absolute Gasteiger partial charge is 0.338 e. The molecule has 0 bridgehead atoms. The van der Waals surface area contributed by atoms with Crippen LogP contribution in [0, 0.1) is 5.92 Å². The number of amides is 1. The van der Waals surface area contributed by atoms with E-state index in [1.165, 1.54) is 17.4 Å². The number of rotatable bonds is 3. The van der Waals surface area contributed by atoms with Gasteiger partial charge in [0.1, 0.15) is 0 Å². The van der Waals surface area contributed by atoms with E-state index in [4.69, 9.17) is 0 Å². The number of likely N-dealkylation sites (tertiary alicyclic amines) is 1. The Morgan fingerprint density at radius 1 is 1.32 bits per heavy atom. The van der Waals surface area contributed by atoms with Gasteiger partial charge in [0.05, 0.1) is 17.3 Å². The summed E-state index contributed by atoms with van der Waals surface area (Å²) in [5, 5.41) is 5.29. The zero-order valence-corrected chi connectivity index (χ0v) is 14.4. The number of aryl methyl sites for hydroxylation is 1. The first-order chi connectivity index (χ1) is 12.2. The molecular weight excluding hydrogens is 312 g/mol. The van der Waals surface area contributed by atoms with Gasteiger partial charge in [0, 0.05) is 37.9 Å². The lowest BCUT2D eigenvalue weighted by Gasteiger charge is -2.32. The number of hydrogen-bond donors (Lipinski definition) is 0. The van der Waals surface area contributed by atoms with Crippen molar-refractivity contribution < 1.29 is 4.79 Å². The third-order valence-corrected chi connectivity index (χ3v) is 4.95. The smallest absolute Gasteiger partial charge is 0.257 e. The van der Waals surface area contributed by atoms with Crippen molar-refractivity contribution in [3.8, 4) is 0 Å². The Labute approximate surface area is 147 Å². The van der Waals surface area contributed by atoms with Gasteiger partial charge in [0.15, 0.2) is 0 Å². The molecule has 1 aliphatic heterocycles. The van der Waals surface area contributed by atoms with Crippen molar-refractivity contribution in [2.24, 2.45) is 13.0 Å². The number of piperidine rings is 1. The molecule has 0 radical (unpaired) electrons. The number of pyridine rings is 1. The minimum atomic E-state index is 0.0977. The van der Waals surface area contributed by atoms with Crippen molar-refractivity contribution in [3.05, 3.63) is 60.0 Å². The first-order valence-corrected chi connectivity index (χ1v) is 8.80. The van der Waals surface area contributed by atoms with E-state index in [0.29, 0.717) is 11.5 Å². The fourth-order valence-electron chi connectivity index (χ4n) is 3.72. The van der Waals surface area contributed by atoms with Gasteiger partial charge in [-0.15, -0.1) is 0 Å². The van der Waals surface area contributed by atoms with E-state index < -0.39 is 0 Å². The highest BCUT2D eigenvalue weighted by Crippen LogP contribution is 2.24. The Morgan fingerprint density at radius 2 is 2.24 bits per heavy atom. The molecule has 4 rings (SSSR count). The van der Waals surface area contributed by atoms with Crippen LogP contribution in [0.3, 0.4) is 0 Å². The van der Waals surface area contributed by atoms with Crippen LogP contribution in [0.2, 0.25) is 0 Å². The normalized spacial score (nSPS) is 17.8. The average molecular weight is 334 g/mol. The van der Waals surface area contributed by atoms with Crippen molar-refractivity contribution in [2.45, 2.75) is 19.3 Å². The zero-order chi connectivity index (χ0) is 17.2. The van der Waals surface area contributed by atoms with E-state index in [-0.39, 0.29) is 5.91 Å². The second-order valence-corrected chi connectivity index (χ2v) is 6.90. The molecule has 1 unspecified atom stereocenters. The number of benzene rings is 1. The van der Waals surface area contributed by atoms with Gasteiger partial charge in [-0.05, 0) is 48.9 Å². The van der Waals surface area contributed by atoms with Crippen LogP contribution in [0.4, 0.5) is 0 Å². The van der Waals surface area contributed by atoms with E-state index in [1.54, 1.807) is 17.1 Å². The first-order valence-electron chi connectivity index (χ1n) is 8.80. The molecule has 1 atom stereocenters. The lowest BCUT2D eigenvalue weighted by Crippen LogP contribution is -2.40. The molecule has 0 N–H and O–H groups in total. The highest BCUT2D eigenvalue weighted by atomic mass is 16.2. The number of hydrogen-bond acceptors (Lipinski definition) is 3. The van der Waals surface area contributed by atoms with Gasteiger partial charge in [-0.2, -0.15) is 5.10 Å². The predicted molar refractivity (Wildman–Crippen MR) is 97.3 cm³/mol. The summed E-state index contributed by atoms with van der Waals surface area (Å²) in [5.41, 5.74) is 3.03. The van der Waals surface area contributed by atoms with Gasteiger partial charge in [-0.1, -0.05) is 12.1 Å². The molecule has 2 aromatic heterocycles.